The number of carboxylic acids is 1. The Bertz CT molecular complexity index is 1120. The van der Waals surface area contributed by atoms with Gasteiger partial charge in [0.1, 0.15) is 0 Å². The lowest BCUT2D eigenvalue weighted by atomic mass is 9.65. The molecular formula is C28H36F3N3O5. The first-order valence-corrected chi connectivity index (χ1v) is 12.8. The van der Waals surface area contributed by atoms with Gasteiger partial charge in [-0.15, -0.1) is 0 Å². The van der Waals surface area contributed by atoms with Gasteiger partial charge in [0.15, 0.2) is 11.5 Å². The third-order valence-electron chi connectivity index (χ3n) is 7.61. The average Bonchev–Trinajstić information content (AvgIpc) is 3.25. The lowest BCUT2D eigenvalue weighted by Crippen LogP contribution is -2.53. The summed E-state index contributed by atoms with van der Waals surface area (Å²) in [4.78, 5) is 23.9. The number of fused-ring (bicyclic) bond motifs is 1. The molecule has 3 N–H and O–H groups in total. The van der Waals surface area contributed by atoms with Crippen molar-refractivity contribution in [1.82, 2.24) is 15.5 Å². The number of carbonyl (C=O) groups is 2. The molecule has 3 atom stereocenters. The number of nitrogens with zero attached hydrogens (tertiary/aromatic N) is 1. The number of nitrogens with one attached hydrogen (secondary N) is 2. The topological polar surface area (TPSA) is 100 Å². The molecule has 1 aliphatic carbocycles. The number of rotatable bonds is 7. The van der Waals surface area contributed by atoms with Crippen LogP contribution in [-0.2, 0) is 16.6 Å². The van der Waals surface area contributed by atoms with Crippen molar-refractivity contribution < 1.29 is 37.3 Å². The maximum atomic E-state index is 12.5. The Labute approximate surface area is 226 Å². The third kappa shape index (κ3) is 7.56. The first-order chi connectivity index (χ1) is 18.5. The first-order valence-electron chi connectivity index (χ1n) is 12.8. The molecule has 3 unspecified atom stereocenters. The molecule has 0 spiro atoms. The van der Waals surface area contributed by atoms with E-state index >= 15 is 0 Å². The van der Waals surface area contributed by atoms with Crippen LogP contribution in [-0.4, -0.2) is 74.6 Å². The van der Waals surface area contributed by atoms with Crippen LogP contribution in [0.1, 0.15) is 36.8 Å². The van der Waals surface area contributed by atoms with E-state index in [-0.39, 0.29) is 17.5 Å². The highest BCUT2D eigenvalue weighted by Gasteiger charge is 2.50. The van der Waals surface area contributed by atoms with E-state index in [1.165, 1.54) is 11.1 Å². The minimum atomic E-state index is -5.08. The normalized spacial score (nSPS) is 22.6. The van der Waals surface area contributed by atoms with Gasteiger partial charge in [0.05, 0.1) is 14.2 Å². The van der Waals surface area contributed by atoms with Gasteiger partial charge in [-0.05, 0) is 69.0 Å². The zero-order chi connectivity index (χ0) is 28.6. The predicted molar refractivity (Wildman–Crippen MR) is 140 cm³/mol. The zero-order valence-electron chi connectivity index (χ0n) is 22.4. The maximum absolute atomic E-state index is 12.5. The van der Waals surface area contributed by atoms with Gasteiger partial charge in [-0.25, -0.2) is 9.59 Å². The van der Waals surface area contributed by atoms with Crippen LogP contribution in [0, 0.1) is 0 Å². The van der Waals surface area contributed by atoms with Crippen LogP contribution in [0.5, 0.6) is 11.5 Å². The van der Waals surface area contributed by atoms with Crippen molar-refractivity contribution in [3.8, 4) is 11.5 Å². The van der Waals surface area contributed by atoms with Gasteiger partial charge in [0, 0.05) is 24.0 Å². The minimum Gasteiger partial charge on any atom is -0.493 e. The number of hydrogen-bond acceptors (Lipinski definition) is 5. The molecule has 4 rings (SSSR count). The summed E-state index contributed by atoms with van der Waals surface area (Å²) in [5.74, 6) is -1.21. The number of aliphatic carboxylic acids is 1. The van der Waals surface area contributed by atoms with Gasteiger partial charge in [-0.2, -0.15) is 13.2 Å². The van der Waals surface area contributed by atoms with Gasteiger partial charge in [0.25, 0.3) is 0 Å². The summed E-state index contributed by atoms with van der Waals surface area (Å²) < 4.78 is 42.8. The molecule has 8 nitrogen and oxygen atoms in total. The summed E-state index contributed by atoms with van der Waals surface area (Å²) in [6.45, 7) is 1.70. The number of alkyl halides is 3. The van der Waals surface area contributed by atoms with Gasteiger partial charge < -0.3 is 30.1 Å². The van der Waals surface area contributed by atoms with E-state index in [1.54, 1.807) is 14.2 Å². The molecule has 2 aromatic rings. The highest BCUT2D eigenvalue weighted by Crippen LogP contribution is 2.49. The predicted octanol–water partition coefficient (Wildman–Crippen LogP) is 4.37. The van der Waals surface area contributed by atoms with Crippen molar-refractivity contribution in [2.24, 2.45) is 0 Å². The lowest BCUT2D eigenvalue weighted by Gasteiger charge is -2.45. The number of ether oxygens (including phenoxy) is 2. The monoisotopic (exact) mass is 551 g/mol. The number of urea groups is 1. The molecule has 39 heavy (non-hydrogen) atoms. The lowest BCUT2D eigenvalue weighted by molar-refractivity contribution is -0.192. The summed E-state index contributed by atoms with van der Waals surface area (Å²) in [7, 11) is 5.56. The second-order valence-electron chi connectivity index (χ2n) is 9.88. The molecule has 1 saturated carbocycles. The van der Waals surface area contributed by atoms with Gasteiger partial charge in [-0.3, -0.25) is 0 Å². The quantitative estimate of drug-likeness (QED) is 0.473. The summed E-state index contributed by atoms with van der Waals surface area (Å²) >= 11 is 0. The van der Waals surface area contributed by atoms with Crippen molar-refractivity contribution in [2.45, 2.75) is 55.8 Å². The van der Waals surface area contributed by atoms with E-state index in [4.69, 9.17) is 19.4 Å². The van der Waals surface area contributed by atoms with E-state index in [0.29, 0.717) is 12.6 Å². The van der Waals surface area contributed by atoms with Crippen molar-refractivity contribution >= 4 is 12.0 Å². The molecule has 1 saturated heterocycles. The van der Waals surface area contributed by atoms with E-state index < -0.39 is 12.1 Å². The summed E-state index contributed by atoms with van der Waals surface area (Å²) in [6, 6.07) is 17.1. The first kappa shape index (κ1) is 30.1. The molecule has 1 heterocycles. The molecule has 2 amide bonds. The van der Waals surface area contributed by atoms with E-state index in [1.807, 2.05) is 24.3 Å². The second-order valence-corrected chi connectivity index (χ2v) is 9.88. The highest BCUT2D eigenvalue weighted by atomic mass is 19.4. The van der Waals surface area contributed by atoms with Crippen LogP contribution in [0.2, 0.25) is 0 Å². The Hall–Kier alpha value is -3.47. The van der Waals surface area contributed by atoms with Crippen LogP contribution in [0.15, 0.2) is 48.5 Å². The fourth-order valence-corrected chi connectivity index (χ4v) is 5.60. The van der Waals surface area contributed by atoms with E-state index in [9.17, 15) is 18.0 Å². The van der Waals surface area contributed by atoms with Crippen molar-refractivity contribution in [3.63, 3.8) is 0 Å². The summed E-state index contributed by atoms with van der Waals surface area (Å²) in [5.41, 5.74) is 2.64. The largest absolute Gasteiger partial charge is 0.493 e. The van der Waals surface area contributed by atoms with Crippen LogP contribution in [0.4, 0.5) is 18.0 Å². The average molecular weight is 552 g/mol. The third-order valence-corrected chi connectivity index (χ3v) is 7.61. The van der Waals surface area contributed by atoms with Gasteiger partial charge >= 0.3 is 18.2 Å². The molecule has 0 bridgehead atoms. The minimum absolute atomic E-state index is 0.0646. The number of benzene rings is 2. The summed E-state index contributed by atoms with van der Waals surface area (Å²) in [5, 5.41) is 13.4. The van der Waals surface area contributed by atoms with Crippen molar-refractivity contribution in [3.05, 3.63) is 59.7 Å². The Morgan fingerprint density at radius 3 is 2.36 bits per heavy atom. The number of amides is 2. The number of likely N-dealkylation sites (N-methyl/N-ethyl adjacent to an activating group) is 1. The van der Waals surface area contributed by atoms with Crippen LogP contribution in [0.3, 0.4) is 0 Å². The Kier molecular flexibility index (Phi) is 10.1. The van der Waals surface area contributed by atoms with Crippen molar-refractivity contribution in [2.75, 3.05) is 34.4 Å². The van der Waals surface area contributed by atoms with E-state index in [0.717, 1.165) is 50.1 Å². The molecule has 0 aromatic heterocycles. The molecule has 2 aromatic carbocycles. The smallest absolute Gasteiger partial charge is 0.490 e. The SMILES string of the molecule is COc1ccc(C23CCC(NC(=O)NCCc4ccccc4)CC2N(C)CC3)cc1OC.O=C(O)C(F)(F)F. The highest BCUT2D eigenvalue weighted by molar-refractivity contribution is 5.74. The number of hydrogen-bond donors (Lipinski definition) is 3. The van der Waals surface area contributed by atoms with Crippen LogP contribution < -0.4 is 20.1 Å². The van der Waals surface area contributed by atoms with Gasteiger partial charge in [-0.1, -0.05) is 36.4 Å². The Balaban J connectivity index is 0.000000532. The molecule has 1 aliphatic heterocycles. The molecular weight excluding hydrogens is 515 g/mol. The standard InChI is InChI=1S/C26H35N3O3.C2HF3O2/c1-29-16-14-26(20-9-10-22(31-2)23(17-20)32-3)13-11-21(18-24(26)29)28-25(30)27-15-12-19-7-5-4-6-8-19;3-2(4,5)1(6)7/h4-10,17,21,24H,11-16,18H2,1-3H3,(H2,27,28,30);(H,6,7). The number of halogens is 3. The van der Waals surface area contributed by atoms with Crippen LogP contribution in [0.25, 0.3) is 0 Å². The molecule has 2 aliphatic rings. The molecule has 214 valence electrons. The number of carbonyl (C=O) groups excluding carboxylic acids is 1. The fraction of sp³-hybridized carbons (Fsp3) is 0.500. The summed E-state index contributed by atoms with van der Waals surface area (Å²) in [6.07, 6.45) is -0.138. The molecule has 2 fully saturated rings. The van der Waals surface area contributed by atoms with Crippen LogP contribution >= 0.6 is 0 Å². The zero-order valence-corrected chi connectivity index (χ0v) is 22.4. The maximum Gasteiger partial charge on any atom is 0.490 e. The van der Waals surface area contributed by atoms with Crippen molar-refractivity contribution in [1.29, 1.82) is 0 Å². The fourth-order valence-electron chi connectivity index (χ4n) is 5.60. The second kappa shape index (κ2) is 13.1. The Morgan fingerprint density at radius 2 is 1.74 bits per heavy atom. The van der Waals surface area contributed by atoms with E-state index in [2.05, 4.69) is 46.8 Å². The number of carboxylic acid groups (broad SMARTS) is 1. The number of likely N-dealkylation sites (tertiary alicyclic amines) is 1. The molecule has 0 radical (unpaired) electrons. The Morgan fingerprint density at radius 1 is 1.08 bits per heavy atom. The van der Waals surface area contributed by atoms with Gasteiger partial charge in [0.2, 0.25) is 0 Å². The number of methoxy groups -OCH3 is 2. The molecule has 11 heteroatoms.